The summed E-state index contributed by atoms with van der Waals surface area (Å²) < 4.78 is 0. The minimum Gasteiger partial charge on any atom is -0.311 e. The first-order valence-electron chi connectivity index (χ1n) is 5.08. The third-order valence-corrected chi connectivity index (χ3v) is 3.31. The predicted molar refractivity (Wildman–Crippen MR) is 67.7 cm³/mol. The Balaban J connectivity index is 2.15. The molecule has 0 amide bonds. The van der Waals surface area contributed by atoms with Crippen LogP contribution >= 0.6 is 22.9 Å². The van der Waals surface area contributed by atoms with E-state index < -0.39 is 0 Å². The average molecular weight is 254 g/mol. The van der Waals surface area contributed by atoms with E-state index in [0.717, 1.165) is 33.7 Å². The summed E-state index contributed by atoms with van der Waals surface area (Å²) in [6.07, 6.45) is 0. The van der Waals surface area contributed by atoms with Crippen molar-refractivity contribution in [2.45, 2.75) is 13.5 Å². The molecule has 3 nitrogen and oxygen atoms in total. The van der Waals surface area contributed by atoms with E-state index in [1.165, 1.54) is 0 Å². The summed E-state index contributed by atoms with van der Waals surface area (Å²) in [7, 11) is 0. The van der Waals surface area contributed by atoms with Gasteiger partial charge in [0.2, 0.25) is 0 Å². The van der Waals surface area contributed by atoms with Crippen LogP contribution in [0.15, 0.2) is 24.3 Å². The van der Waals surface area contributed by atoms with Gasteiger partial charge in [0.15, 0.2) is 0 Å². The molecule has 0 saturated carbocycles. The SMILES string of the molecule is CCNCc1nnc(-c2ccc(Cl)cc2)s1. The second-order valence-corrected chi connectivity index (χ2v) is 4.79. The fourth-order valence-electron chi connectivity index (χ4n) is 1.27. The lowest BCUT2D eigenvalue weighted by atomic mass is 10.2. The number of benzene rings is 1. The number of hydrogen-bond acceptors (Lipinski definition) is 4. The van der Waals surface area contributed by atoms with Gasteiger partial charge in [0, 0.05) is 17.1 Å². The molecule has 0 fully saturated rings. The lowest BCUT2D eigenvalue weighted by molar-refractivity contribution is 0.715. The van der Waals surface area contributed by atoms with E-state index in [4.69, 9.17) is 11.6 Å². The maximum absolute atomic E-state index is 5.83. The zero-order chi connectivity index (χ0) is 11.4. The van der Waals surface area contributed by atoms with Gasteiger partial charge >= 0.3 is 0 Å². The minimum absolute atomic E-state index is 0.737. The highest BCUT2D eigenvalue weighted by atomic mass is 35.5. The molecular weight excluding hydrogens is 242 g/mol. The smallest absolute Gasteiger partial charge is 0.147 e. The Morgan fingerprint density at radius 2 is 2.00 bits per heavy atom. The zero-order valence-corrected chi connectivity index (χ0v) is 10.5. The normalized spacial score (nSPS) is 10.6. The van der Waals surface area contributed by atoms with E-state index in [9.17, 15) is 0 Å². The predicted octanol–water partition coefficient (Wildman–Crippen LogP) is 2.97. The highest BCUT2D eigenvalue weighted by Gasteiger charge is 2.05. The van der Waals surface area contributed by atoms with Crippen LogP contribution in [0, 0.1) is 0 Å². The van der Waals surface area contributed by atoms with E-state index in [1.54, 1.807) is 11.3 Å². The molecule has 1 aromatic carbocycles. The summed E-state index contributed by atoms with van der Waals surface area (Å²) in [6, 6.07) is 7.64. The molecule has 0 atom stereocenters. The number of nitrogens with one attached hydrogen (secondary N) is 1. The van der Waals surface area contributed by atoms with Crippen molar-refractivity contribution in [2.24, 2.45) is 0 Å². The van der Waals surface area contributed by atoms with Crippen molar-refractivity contribution in [1.82, 2.24) is 15.5 Å². The molecular formula is C11H12ClN3S. The first kappa shape index (κ1) is 11.5. The summed E-state index contributed by atoms with van der Waals surface area (Å²) in [5.74, 6) is 0. The van der Waals surface area contributed by atoms with Crippen LogP contribution in [0.1, 0.15) is 11.9 Å². The minimum atomic E-state index is 0.737. The molecule has 0 saturated heterocycles. The van der Waals surface area contributed by atoms with Crippen molar-refractivity contribution in [1.29, 1.82) is 0 Å². The number of nitrogens with zero attached hydrogens (tertiary/aromatic N) is 2. The van der Waals surface area contributed by atoms with Gasteiger partial charge in [-0.05, 0) is 18.7 Å². The molecule has 2 aromatic rings. The molecule has 0 spiro atoms. The Hall–Kier alpha value is -0.970. The number of rotatable bonds is 4. The quantitative estimate of drug-likeness (QED) is 0.910. The third kappa shape index (κ3) is 2.78. The largest absolute Gasteiger partial charge is 0.311 e. The maximum Gasteiger partial charge on any atom is 0.147 e. The monoisotopic (exact) mass is 253 g/mol. The lowest BCUT2D eigenvalue weighted by Gasteiger charge is -1.95. The third-order valence-electron chi connectivity index (χ3n) is 2.08. The van der Waals surface area contributed by atoms with E-state index in [0.29, 0.717) is 0 Å². The number of aromatic nitrogens is 2. The van der Waals surface area contributed by atoms with Crippen LogP contribution in [-0.4, -0.2) is 16.7 Å². The van der Waals surface area contributed by atoms with Crippen LogP contribution in [0.25, 0.3) is 10.6 Å². The molecule has 2 rings (SSSR count). The van der Waals surface area contributed by atoms with Gasteiger partial charge in [-0.2, -0.15) is 0 Å². The van der Waals surface area contributed by atoms with Gasteiger partial charge in [-0.1, -0.05) is 42.0 Å². The van der Waals surface area contributed by atoms with Crippen molar-refractivity contribution < 1.29 is 0 Å². The van der Waals surface area contributed by atoms with E-state index in [1.807, 2.05) is 24.3 Å². The van der Waals surface area contributed by atoms with Gasteiger partial charge in [-0.3, -0.25) is 0 Å². The molecule has 84 valence electrons. The molecule has 0 unspecified atom stereocenters. The van der Waals surface area contributed by atoms with Gasteiger partial charge < -0.3 is 5.32 Å². The summed E-state index contributed by atoms with van der Waals surface area (Å²) in [6.45, 7) is 3.79. The summed E-state index contributed by atoms with van der Waals surface area (Å²) in [4.78, 5) is 0. The van der Waals surface area contributed by atoms with Crippen LogP contribution in [-0.2, 0) is 6.54 Å². The molecule has 0 aliphatic rings. The highest BCUT2D eigenvalue weighted by molar-refractivity contribution is 7.14. The molecule has 1 heterocycles. The Morgan fingerprint density at radius 3 is 2.69 bits per heavy atom. The van der Waals surface area contributed by atoms with Crippen LogP contribution in [0.2, 0.25) is 5.02 Å². The van der Waals surface area contributed by atoms with Crippen LogP contribution in [0.3, 0.4) is 0 Å². The van der Waals surface area contributed by atoms with E-state index >= 15 is 0 Å². The summed E-state index contributed by atoms with van der Waals surface area (Å²) in [5, 5.41) is 14.2. The average Bonchev–Trinajstić information content (AvgIpc) is 2.76. The molecule has 0 radical (unpaired) electrons. The Kier molecular flexibility index (Phi) is 3.88. The first-order valence-corrected chi connectivity index (χ1v) is 6.28. The highest BCUT2D eigenvalue weighted by Crippen LogP contribution is 2.24. The van der Waals surface area contributed by atoms with E-state index in [-0.39, 0.29) is 0 Å². The second-order valence-electron chi connectivity index (χ2n) is 3.29. The van der Waals surface area contributed by atoms with Gasteiger partial charge in [0.25, 0.3) is 0 Å². The van der Waals surface area contributed by atoms with Gasteiger partial charge in [0.1, 0.15) is 10.0 Å². The summed E-state index contributed by atoms with van der Waals surface area (Å²) >= 11 is 7.43. The van der Waals surface area contributed by atoms with Crippen molar-refractivity contribution >= 4 is 22.9 Å². The van der Waals surface area contributed by atoms with Gasteiger partial charge in [0.05, 0.1) is 0 Å². The Labute approximate surface area is 103 Å². The molecule has 1 aromatic heterocycles. The van der Waals surface area contributed by atoms with Crippen molar-refractivity contribution in [2.75, 3.05) is 6.54 Å². The van der Waals surface area contributed by atoms with Crippen LogP contribution in [0.4, 0.5) is 0 Å². The Bertz CT molecular complexity index is 453. The molecule has 0 aliphatic heterocycles. The summed E-state index contributed by atoms with van der Waals surface area (Å²) in [5.41, 5.74) is 1.06. The van der Waals surface area contributed by atoms with Crippen LogP contribution in [0.5, 0.6) is 0 Å². The standard InChI is InChI=1S/C11H12ClN3S/c1-2-13-7-10-14-15-11(16-10)8-3-5-9(12)6-4-8/h3-6,13H,2,7H2,1H3. The zero-order valence-electron chi connectivity index (χ0n) is 8.90. The fraction of sp³-hybridized carbons (Fsp3) is 0.273. The van der Waals surface area contributed by atoms with Crippen molar-refractivity contribution in [3.05, 3.63) is 34.3 Å². The lowest BCUT2D eigenvalue weighted by Crippen LogP contribution is -2.11. The topological polar surface area (TPSA) is 37.8 Å². The molecule has 1 N–H and O–H groups in total. The Morgan fingerprint density at radius 1 is 1.25 bits per heavy atom. The fourth-order valence-corrected chi connectivity index (χ4v) is 2.21. The molecule has 0 bridgehead atoms. The van der Waals surface area contributed by atoms with Crippen LogP contribution < -0.4 is 5.32 Å². The van der Waals surface area contributed by atoms with Crippen molar-refractivity contribution in [3.8, 4) is 10.6 Å². The maximum atomic E-state index is 5.83. The van der Waals surface area contributed by atoms with Gasteiger partial charge in [-0.25, -0.2) is 0 Å². The number of halogens is 1. The molecule has 16 heavy (non-hydrogen) atoms. The molecule has 5 heteroatoms. The molecule has 0 aliphatic carbocycles. The van der Waals surface area contributed by atoms with E-state index in [2.05, 4.69) is 22.4 Å². The first-order chi connectivity index (χ1) is 7.79. The van der Waals surface area contributed by atoms with Gasteiger partial charge in [-0.15, -0.1) is 10.2 Å². The number of hydrogen-bond donors (Lipinski definition) is 1. The second kappa shape index (κ2) is 5.39. The van der Waals surface area contributed by atoms with Crippen molar-refractivity contribution in [3.63, 3.8) is 0 Å².